The molecule has 0 saturated carbocycles. The quantitative estimate of drug-likeness (QED) is 0.744. The lowest BCUT2D eigenvalue weighted by molar-refractivity contribution is -0.156. The molecule has 1 aromatic carbocycles. The van der Waals surface area contributed by atoms with Crippen molar-refractivity contribution >= 4 is 5.97 Å². The lowest BCUT2D eigenvalue weighted by Gasteiger charge is -2.21. The highest BCUT2D eigenvalue weighted by Gasteiger charge is 2.22. The van der Waals surface area contributed by atoms with E-state index in [2.05, 4.69) is 0 Å². The molecule has 0 bridgehead atoms. The summed E-state index contributed by atoms with van der Waals surface area (Å²) >= 11 is 0. The molecule has 0 spiro atoms. The molecule has 0 radical (unpaired) electrons. The number of ether oxygens (including phenoxy) is 7. The zero-order valence-corrected chi connectivity index (χ0v) is 17.2. The van der Waals surface area contributed by atoms with Crippen molar-refractivity contribution in [3.63, 3.8) is 0 Å². The number of rotatable bonds is 5. The highest BCUT2D eigenvalue weighted by atomic mass is 16.6. The Morgan fingerprint density at radius 3 is 1.87 bits per heavy atom. The minimum absolute atomic E-state index is 0.0731. The van der Waals surface area contributed by atoms with Crippen LogP contribution in [0.15, 0.2) is 30.3 Å². The number of carboxylic acids is 1. The summed E-state index contributed by atoms with van der Waals surface area (Å²) in [4.78, 5) is 11.6. The molecule has 1 aliphatic heterocycles. The number of hydrogen-bond acceptors (Lipinski definition) is 8. The maximum Gasteiger partial charge on any atom is 0.337 e. The van der Waals surface area contributed by atoms with Gasteiger partial charge in [-0.05, 0) is 5.56 Å². The predicted octanol–water partition coefficient (Wildman–Crippen LogP) is 1.31. The Hall–Kier alpha value is -1.59. The van der Waals surface area contributed by atoms with Crippen molar-refractivity contribution < 1.29 is 43.1 Å². The highest BCUT2D eigenvalue weighted by Crippen LogP contribution is 2.18. The Balaban J connectivity index is 1.81. The first-order valence-corrected chi connectivity index (χ1v) is 10.2. The standard InChI is InChI=1S/C21H32O9/c22-21(23)20(18-4-2-1-3-5-18)30-17-19-16-28-13-12-26-9-8-24-6-7-25-10-11-27-14-15-29-19/h1-5,19-20H,6-17H2,(H,22,23). The normalized spacial score (nSPS) is 22.5. The smallest absolute Gasteiger partial charge is 0.337 e. The van der Waals surface area contributed by atoms with Crippen LogP contribution in [0.1, 0.15) is 11.7 Å². The van der Waals surface area contributed by atoms with Gasteiger partial charge < -0.3 is 38.3 Å². The largest absolute Gasteiger partial charge is 0.479 e. The van der Waals surface area contributed by atoms with E-state index in [4.69, 9.17) is 33.2 Å². The van der Waals surface area contributed by atoms with Crippen LogP contribution in [-0.4, -0.2) is 96.5 Å². The summed E-state index contributed by atoms with van der Waals surface area (Å²) in [6.45, 7) is 4.81. The first-order valence-electron chi connectivity index (χ1n) is 10.2. The summed E-state index contributed by atoms with van der Waals surface area (Å²) in [5, 5.41) is 9.50. The van der Waals surface area contributed by atoms with E-state index in [-0.39, 0.29) is 13.2 Å². The zero-order valence-electron chi connectivity index (χ0n) is 17.2. The van der Waals surface area contributed by atoms with Crippen molar-refractivity contribution in [3.8, 4) is 0 Å². The monoisotopic (exact) mass is 428 g/mol. The molecule has 170 valence electrons. The van der Waals surface area contributed by atoms with E-state index < -0.39 is 18.2 Å². The summed E-state index contributed by atoms with van der Waals surface area (Å²) in [5.41, 5.74) is 0.574. The molecule has 0 aromatic heterocycles. The van der Waals surface area contributed by atoms with Gasteiger partial charge in [-0.25, -0.2) is 4.79 Å². The summed E-state index contributed by atoms with van der Waals surface area (Å²) in [6, 6.07) is 8.81. The van der Waals surface area contributed by atoms with Gasteiger partial charge in [0.05, 0.1) is 79.3 Å². The molecular formula is C21H32O9. The van der Waals surface area contributed by atoms with Crippen molar-refractivity contribution in [2.24, 2.45) is 0 Å². The Bertz CT molecular complexity index is 537. The van der Waals surface area contributed by atoms with E-state index in [9.17, 15) is 9.90 Å². The van der Waals surface area contributed by atoms with Gasteiger partial charge in [0.2, 0.25) is 0 Å². The van der Waals surface area contributed by atoms with Crippen molar-refractivity contribution in [2.75, 3.05) is 79.3 Å². The van der Waals surface area contributed by atoms with Gasteiger partial charge in [0, 0.05) is 0 Å². The molecule has 0 aliphatic carbocycles. The summed E-state index contributed by atoms with van der Waals surface area (Å²) in [7, 11) is 0. The van der Waals surface area contributed by atoms with Crippen molar-refractivity contribution in [3.05, 3.63) is 35.9 Å². The topological polar surface area (TPSA) is 102 Å². The van der Waals surface area contributed by atoms with Crippen LogP contribution in [0.25, 0.3) is 0 Å². The molecule has 2 rings (SSSR count). The molecule has 1 aliphatic rings. The van der Waals surface area contributed by atoms with E-state index in [0.717, 1.165) is 0 Å². The van der Waals surface area contributed by atoms with E-state index in [1.54, 1.807) is 24.3 Å². The number of aliphatic carboxylic acids is 1. The van der Waals surface area contributed by atoms with Crippen LogP contribution in [-0.2, 0) is 38.0 Å². The lowest BCUT2D eigenvalue weighted by Crippen LogP contribution is -2.30. The molecule has 1 saturated heterocycles. The second-order valence-corrected chi connectivity index (χ2v) is 6.48. The summed E-state index contributed by atoms with van der Waals surface area (Å²) < 4.78 is 38.8. The number of carboxylic acid groups (broad SMARTS) is 1. The van der Waals surface area contributed by atoms with Gasteiger partial charge in [0.25, 0.3) is 0 Å². The Morgan fingerprint density at radius 1 is 0.833 bits per heavy atom. The second-order valence-electron chi connectivity index (χ2n) is 6.48. The average Bonchev–Trinajstić information content (AvgIpc) is 2.75. The Kier molecular flexibility index (Phi) is 13.3. The molecule has 9 heteroatoms. The van der Waals surface area contributed by atoms with Gasteiger partial charge in [-0.1, -0.05) is 30.3 Å². The van der Waals surface area contributed by atoms with E-state index in [1.807, 2.05) is 6.07 Å². The van der Waals surface area contributed by atoms with Crippen LogP contribution < -0.4 is 0 Å². The molecule has 1 heterocycles. The van der Waals surface area contributed by atoms with E-state index in [1.165, 1.54) is 0 Å². The fourth-order valence-corrected chi connectivity index (χ4v) is 2.65. The van der Waals surface area contributed by atoms with Gasteiger partial charge in [-0.3, -0.25) is 0 Å². The van der Waals surface area contributed by atoms with Gasteiger partial charge >= 0.3 is 5.97 Å². The maximum atomic E-state index is 11.6. The number of benzene rings is 1. The number of carbonyl (C=O) groups is 1. The molecule has 1 aromatic rings. The third kappa shape index (κ3) is 11.0. The van der Waals surface area contributed by atoms with Crippen LogP contribution in [0.5, 0.6) is 0 Å². The van der Waals surface area contributed by atoms with Crippen molar-refractivity contribution in [2.45, 2.75) is 12.2 Å². The third-order valence-electron chi connectivity index (χ3n) is 4.15. The molecule has 2 unspecified atom stereocenters. The first-order chi connectivity index (χ1) is 14.8. The van der Waals surface area contributed by atoms with Gasteiger partial charge in [0.15, 0.2) is 6.10 Å². The fourth-order valence-electron chi connectivity index (χ4n) is 2.65. The summed E-state index contributed by atoms with van der Waals surface area (Å²) in [6.07, 6.45) is -1.50. The highest BCUT2D eigenvalue weighted by molar-refractivity contribution is 5.74. The summed E-state index contributed by atoms with van der Waals surface area (Å²) in [5.74, 6) is -1.05. The zero-order chi connectivity index (χ0) is 21.3. The number of hydrogen-bond donors (Lipinski definition) is 1. The first kappa shape index (κ1) is 24.7. The minimum atomic E-state index is -1.07. The minimum Gasteiger partial charge on any atom is -0.479 e. The fraction of sp³-hybridized carbons (Fsp3) is 0.667. The average molecular weight is 428 g/mol. The van der Waals surface area contributed by atoms with Crippen molar-refractivity contribution in [1.29, 1.82) is 0 Å². The van der Waals surface area contributed by atoms with E-state index in [0.29, 0.717) is 71.6 Å². The van der Waals surface area contributed by atoms with Crippen LogP contribution in [0, 0.1) is 0 Å². The Morgan fingerprint density at radius 2 is 1.33 bits per heavy atom. The molecule has 0 amide bonds. The van der Waals surface area contributed by atoms with Crippen molar-refractivity contribution in [1.82, 2.24) is 0 Å². The van der Waals surface area contributed by atoms with Crippen LogP contribution in [0.3, 0.4) is 0 Å². The van der Waals surface area contributed by atoms with Crippen LogP contribution in [0.4, 0.5) is 0 Å². The molecule has 1 fully saturated rings. The van der Waals surface area contributed by atoms with Gasteiger partial charge in [-0.15, -0.1) is 0 Å². The lowest BCUT2D eigenvalue weighted by atomic mass is 10.1. The van der Waals surface area contributed by atoms with Crippen LogP contribution in [0.2, 0.25) is 0 Å². The SMILES string of the molecule is O=C(O)C(OCC1COCCOCCOCCOCCOCCO1)c1ccccc1. The Labute approximate surface area is 177 Å². The van der Waals surface area contributed by atoms with E-state index >= 15 is 0 Å². The second kappa shape index (κ2) is 16.1. The van der Waals surface area contributed by atoms with Gasteiger partial charge in [0.1, 0.15) is 6.10 Å². The maximum absolute atomic E-state index is 11.6. The molecule has 1 N–H and O–H groups in total. The molecule has 30 heavy (non-hydrogen) atoms. The molecule has 9 nitrogen and oxygen atoms in total. The predicted molar refractivity (Wildman–Crippen MR) is 107 cm³/mol. The third-order valence-corrected chi connectivity index (χ3v) is 4.15. The van der Waals surface area contributed by atoms with Gasteiger partial charge in [-0.2, -0.15) is 0 Å². The molecular weight excluding hydrogens is 396 g/mol. The van der Waals surface area contributed by atoms with Crippen LogP contribution >= 0.6 is 0 Å². The molecule has 2 atom stereocenters.